The van der Waals surface area contributed by atoms with E-state index in [2.05, 4.69) is 63.2 Å². The molecule has 9 heteroatoms. The molecule has 0 radical (unpaired) electrons. The van der Waals surface area contributed by atoms with Crippen LogP contribution in [0.4, 0.5) is 20.2 Å². The number of halogens is 2. The van der Waals surface area contributed by atoms with E-state index in [-0.39, 0.29) is 12.5 Å². The van der Waals surface area contributed by atoms with Gasteiger partial charge in [-0.2, -0.15) is 5.10 Å². The highest BCUT2D eigenvalue weighted by Crippen LogP contribution is 2.42. The largest absolute Gasteiger partial charge is 0.493 e. The van der Waals surface area contributed by atoms with Crippen molar-refractivity contribution in [3.8, 4) is 5.75 Å². The standard InChI is InChI=1S/C31H33F2N5O2/c1-23-2-5-26(6-3-23)36-12-14-37(15-13-36)27-7-9-28(10-8-27)39-18-24-17-31(40-19-24,20-38-22-34-21-35-38)29-11-4-25(32)16-30(29)33/h2-11,16,21-22,24H,12-15,17-20H2,1H3/t24-,31+/m1/s1. The number of benzene rings is 3. The summed E-state index contributed by atoms with van der Waals surface area (Å²) in [5.41, 5.74) is 3.07. The Labute approximate surface area is 233 Å². The van der Waals surface area contributed by atoms with Gasteiger partial charge < -0.3 is 19.3 Å². The van der Waals surface area contributed by atoms with Gasteiger partial charge in [-0.25, -0.2) is 18.4 Å². The highest BCUT2D eigenvalue weighted by Gasteiger charge is 2.44. The van der Waals surface area contributed by atoms with Gasteiger partial charge in [0.05, 0.1) is 19.8 Å². The number of aromatic nitrogens is 3. The van der Waals surface area contributed by atoms with E-state index in [0.717, 1.165) is 38.0 Å². The molecule has 0 unspecified atom stereocenters. The van der Waals surface area contributed by atoms with Crippen molar-refractivity contribution in [1.29, 1.82) is 0 Å². The third-order valence-electron chi connectivity index (χ3n) is 7.89. The molecule has 0 amide bonds. The van der Waals surface area contributed by atoms with Crippen LogP contribution in [0.25, 0.3) is 0 Å². The molecule has 6 rings (SSSR count). The average molecular weight is 546 g/mol. The molecule has 4 aromatic rings. The van der Waals surface area contributed by atoms with Crippen LogP contribution in [0.2, 0.25) is 0 Å². The van der Waals surface area contributed by atoms with E-state index >= 15 is 0 Å². The van der Waals surface area contributed by atoms with Crippen LogP contribution in [0.5, 0.6) is 5.75 Å². The smallest absolute Gasteiger partial charge is 0.137 e. The van der Waals surface area contributed by atoms with Crippen LogP contribution in [-0.2, 0) is 16.9 Å². The van der Waals surface area contributed by atoms with Crippen LogP contribution in [0, 0.1) is 24.5 Å². The van der Waals surface area contributed by atoms with Gasteiger partial charge in [-0.1, -0.05) is 23.8 Å². The Morgan fingerprint density at radius 3 is 2.23 bits per heavy atom. The second-order valence-corrected chi connectivity index (χ2v) is 10.7. The average Bonchev–Trinajstić information content (AvgIpc) is 3.63. The Morgan fingerprint density at radius 2 is 1.60 bits per heavy atom. The summed E-state index contributed by atoms with van der Waals surface area (Å²) in [5, 5.41) is 4.18. The predicted molar refractivity (Wildman–Crippen MR) is 150 cm³/mol. The SMILES string of the molecule is Cc1ccc(N2CCN(c3ccc(OC[C@@H]4CO[C@@](Cn5cncn5)(c5ccc(F)cc5F)C4)cc3)CC2)cc1. The van der Waals surface area contributed by atoms with Crippen molar-refractivity contribution in [1.82, 2.24) is 14.8 Å². The minimum absolute atomic E-state index is 0.0301. The lowest BCUT2D eigenvalue weighted by molar-refractivity contribution is -0.0206. The molecule has 0 N–H and O–H groups in total. The van der Waals surface area contributed by atoms with Gasteiger partial charge in [0, 0.05) is 55.1 Å². The van der Waals surface area contributed by atoms with E-state index in [1.165, 1.54) is 35.4 Å². The lowest BCUT2D eigenvalue weighted by atomic mass is 9.87. The molecule has 208 valence electrons. The molecule has 0 saturated carbocycles. The normalized spacial score (nSPS) is 21.1. The molecular weight excluding hydrogens is 512 g/mol. The van der Waals surface area contributed by atoms with Crippen LogP contribution < -0.4 is 14.5 Å². The number of rotatable bonds is 8. The van der Waals surface area contributed by atoms with Crippen LogP contribution in [0.1, 0.15) is 17.5 Å². The van der Waals surface area contributed by atoms with Crippen molar-refractivity contribution in [3.05, 3.63) is 102 Å². The Morgan fingerprint density at radius 1 is 0.925 bits per heavy atom. The number of nitrogens with zero attached hydrogens (tertiary/aromatic N) is 5. The van der Waals surface area contributed by atoms with Gasteiger partial charge in [0.25, 0.3) is 0 Å². The summed E-state index contributed by atoms with van der Waals surface area (Å²) in [6.45, 7) is 7.09. The first-order chi connectivity index (χ1) is 19.5. The summed E-state index contributed by atoms with van der Waals surface area (Å²) in [7, 11) is 0. The van der Waals surface area contributed by atoms with Gasteiger partial charge >= 0.3 is 0 Å². The molecular formula is C31H33F2N5O2. The van der Waals surface area contributed by atoms with E-state index in [4.69, 9.17) is 9.47 Å². The summed E-state index contributed by atoms with van der Waals surface area (Å²) in [5.74, 6) is -0.435. The molecule has 2 fully saturated rings. The molecule has 0 aliphatic carbocycles. The number of aryl methyl sites for hydroxylation is 1. The lowest BCUT2D eigenvalue weighted by Gasteiger charge is -2.37. The summed E-state index contributed by atoms with van der Waals surface area (Å²) in [4.78, 5) is 8.82. The zero-order valence-corrected chi connectivity index (χ0v) is 22.5. The summed E-state index contributed by atoms with van der Waals surface area (Å²) in [6, 6.07) is 20.5. The quantitative estimate of drug-likeness (QED) is 0.303. The van der Waals surface area contributed by atoms with Crippen LogP contribution in [-0.4, -0.2) is 54.2 Å². The predicted octanol–water partition coefficient (Wildman–Crippen LogP) is 5.20. The minimum atomic E-state index is -0.982. The molecule has 2 aliphatic rings. The first-order valence-electron chi connectivity index (χ1n) is 13.7. The highest BCUT2D eigenvalue weighted by molar-refractivity contribution is 5.53. The Hall–Kier alpha value is -3.98. The number of piperazine rings is 1. The lowest BCUT2D eigenvalue weighted by Crippen LogP contribution is -2.46. The van der Waals surface area contributed by atoms with E-state index in [0.29, 0.717) is 25.2 Å². The van der Waals surface area contributed by atoms with Crippen LogP contribution in [0.15, 0.2) is 79.4 Å². The second kappa shape index (κ2) is 11.3. The van der Waals surface area contributed by atoms with Crippen molar-refractivity contribution < 1.29 is 18.3 Å². The number of ether oxygens (including phenoxy) is 2. The molecule has 2 aliphatic heterocycles. The van der Waals surface area contributed by atoms with Gasteiger partial charge in [-0.05, 0) is 55.8 Å². The van der Waals surface area contributed by atoms with Gasteiger partial charge in [0.15, 0.2) is 0 Å². The third kappa shape index (κ3) is 5.65. The molecule has 40 heavy (non-hydrogen) atoms. The first kappa shape index (κ1) is 26.3. The zero-order valence-electron chi connectivity index (χ0n) is 22.5. The van der Waals surface area contributed by atoms with Crippen LogP contribution in [0.3, 0.4) is 0 Å². The molecule has 7 nitrogen and oxygen atoms in total. The second-order valence-electron chi connectivity index (χ2n) is 10.7. The number of hydrogen-bond acceptors (Lipinski definition) is 6. The fraction of sp³-hybridized carbons (Fsp3) is 0.355. The zero-order chi connectivity index (χ0) is 27.5. The molecule has 3 heterocycles. The fourth-order valence-corrected chi connectivity index (χ4v) is 5.73. The maximum absolute atomic E-state index is 14.9. The maximum atomic E-state index is 14.9. The van der Waals surface area contributed by atoms with Gasteiger partial charge in [0.2, 0.25) is 0 Å². The molecule has 1 aromatic heterocycles. The van der Waals surface area contributed by atoms with Crippen molar-refractivity contribution in [2.45, 2.75) is 25.5 Å². The number of anilines is 2. The Kier molecular flexibility index (Phi) is 7.38. The van der Waals surface area contributed by atoms with Gasteiger partial charge in [-0.3, -0.25) is 0 Å². The summed E-state index contributed by atoms with van der Waals surface area (Å²) in [6.07, 6.45) is 3.51. The van der Waals surface area contributed by atoms with Crippen molar-refractivity contribution >= 4 is 11.4 Å². The Balaban J connectivity index is 1.06. The topological polar surface area (TPSA) is 55.7 Å². The Bertz CT molecular complexity index is 1410. The van der Waals surface area contributed by atoms with Crippen LogP contribution >= 0.6 is 0 Å². The van der Waals surface area contributed by atoms with Gasteiger partial charge in [-0.15, -0.1) is 0 Å². The summed E-state index contributed by atoms with van der Waals surface area (Å²) >= 11 is 0. The highest BCUT2D eigenvalue weighted by atomic mass is 19.1. The van der Waals surface area contributed by atoms with E-state index in [1.807, 2.05) is 12.1 Å². The monoisotopic (exact) mass is 545 g/mol. The summed E-state index contributed by atoms with van der Waals surface area (Å²) < 4.78 is 42.5. The minimum Gasteiger partial charge on any atom is -0.493 e. The van der Waals surface area contributed by atoms with E-state index in [9.17, 15) is 8.78 Å². The first-order valence-corrected chi connectivity index (χ1v) is 13.7. The molecule has 3 aromatic carbocycles. The molecule has 0 spiro atoms. The van der Waals surface area contributed by atoms with E-state index < -0.39 is 17.2 Å². The number of hydrogen-bond donors (Lipinski definition) is 0. The van der Waals surface area contributed by atoms with Crippen molar-refractivity contribution in [2.24, 2.45) is 5.92 Å². The third-order valence-corrected chi connectivity index (χ3v) is 7.89. The van der Waals surface area contributed by atoms with E-state index in [1.54, 1.807) is 11.0 Å². The molecule has 0 bridgehead atoms. The maximum Gasteiger partial charge on any atom is 0.137 e. The van der Waals surface area contributed by atoms with Crippen molar-refractivity contribution in [2.75, 3.05) is 49.2 Å². The molecule has 2 saturated heterocycles. The molecule has 2 atom stereocenters. The fourth-order valence-electron chi connectivity index (χ4n) is 5.73. The van der Waals surface area contributed by atoms with Crippen molar-refractivity contribution in [3.63, 3.8) is 0 Å². The van der Waals surface area contributed by atoms with Gasteiger partial charge in [0.1, 0.15) is 35.6 Å².